The number of pyridine rings is 1. The van der Waals surface area contributed by atoms with E-state index in [9.17, 15) is 5.26 Å². The fraction of sp³-hybridized carbons (Fsp3) is 0.167. The van der Waals surface area contributed by atoms with Gasteiger partial charge in [0.25, 0.3) is 0 Å². The second kappa shape index (κ2) is 8.18. The number of carbonyl (C=O) groups is 1. The summed E-state index contributed by atoms with van der Waals surface area (Å²) in [5, 5.41) is 15.4. The van der Waals surface area contributed by atoms with Crippen molar-refractivity contribution in [3.8, 4) is 28.6 Å². The Labute approximate surface area is 174 Å². The number of hydrogen-bond acceptors (Lipinski definition) is 5. The molecule has 1 fully saturated rings. The molecule has 0 aliphatic heterocycles. The minimum absolute atomic E-state index is 0.309. The van der Waals surface area contributed by atoms with Gasteiger partial charge in [0, 0.05) is 16.5 Å². The molecule has 2 heterocycles. The first-order valence-electron chi connectivity index (χ1n) is 9.78. The van der Waals surface area contributed by atoms with Crippen LogP contribution in [0.3, 0.4) is 0 Å². The third-order valence-corrected chi connectivity index (χ3v) is 5.51. The van der Waals surface area contributed by atoms with Gasteiger partial charge in [0.1, 0.15) is 29.9 Å². The maximum atomic E-state index is 9.65. The zero-order valence-electron chi connectivity index (χ0n) is 16.5. The van der Waals surface area contributed by atoms with Crippen LogP contribution in [0.1, 0.15) is 30.9 Å². The highest BCUT2D eigenvalue weighted by Crippen LogP contribution is 2.37. The molecule has 2 aromatic carbocycles. The maximum Gasteiger partial charge on any atom is 0.140 e. The molecule has 0 spiro atoms. The van der Waals surface area contributed by atoms with E-state index in [1.807, 2.05) is 66.1 Å². The van der Waals surface area contributed by atoms with Crippen LogP contribution in [0.2, 0.25) is 0 Å². The summed E-state index contributed by atoms with van der Waals surface area (Å²) in [5.74, 6) is 0.466. The summed E-state index contributed by atoms with van der Waals surface area (Å²) in [7, 11) is 0. The number of carbonyl (C=O) groups excluding carboxylic acids is 1. The van der Waals surface area contributed by atoms with Crippen molar-refractivity contribution in [3.63, 3.8) is 0 Å². The van der Waals surface area contributed by atoms with Gasteiger partial charge in [0.2, 0.25) is 0 Å². The van der Waals surface area contributed by atoms with Crippen LogP contribution in [0.25, 0.3) is 33.4 Å². The highest BCUT2D eigenvalue weighted by atomic mass is 16.1. The van der Waals surface area contributed by atoms with Crippen molar-refractivity contribution in [1.82, 2.24) is 14.8 Å². The summed E-state index contributed by atoms with van der Waals surface area (Å²) in [6.07, 6.45) is 3.31. The molecular formula is C24H21N5O. The number of aromatic nitrogens is 3. The van der Waals surface area contributed by atoms with Gasteiger partial charge >= 0.3 is 0 Å². The fourth-order valence-corrected chi connectivity index (χ4v) is 3.70. The van der Waals surface area contributed by atoms with Gasteiger partial charge < -0.3 is 10.5 Å². The second-order valence-corrected chi connectivity index (χ2v) is 7.22. The molecule has 1 saturated carbocycles. The first-order valence-corrected chi connectivity index (χ1v) is 9.78. The first-order chi connectivity index (χ1) is 14.7. The summed E-state index contributed by atoms with van der Waals surface area (Å²) in [5.41, 5.74) is 11.1. The lowest BCUT2D eigenvalue weighted by molar-refractivity contribution is -0.0979. The Morgan fingerprint density at radius 1 is 1.03 bits per heavy atom. The summed E-state index contributed by atoms with van der Waals surface area (Å²) in [6.45, 7) is 2.00. The zero-order valence-corrected chi connectivity index (χ0v) is 16.5. The Morgan fingerprint density at radius 3 is 2.43 bits per heavy atom. The molecule has 4 aromatic rings. The number of hydrogen-bond donors (Lipinski definition) is 1. The minimum atomic E-state index is 0.309. The van der Waals surface area contributed by atoms with Crippen molar-refractivity contribution in [2.45, 2.75) is 25.3 Å². The third kappa shape index (κ3) is 3.31. The van der Waals surface area contributed by atoms with E-state index >= 15 is 0 Å². The van der Waals surface area contributed by atoms with Crippen molar-refractivity contribution >= 4 is 23.5 Å². The molecule has 2 aromatic heterocycles. The standard InChI is InChI=1S/C23H19N5.CH2O/c24-14-19-22(27-28(23(19)25)18-7-4-8-18)17-10-9-16-11-12-20(26-21(16)13-17)15-5-2-1-3-6-15;1-2/h1-3,5-6,9-13,18H,4,7-8,25H2;1H2. The number of nitriles is 1. The highest BCUT2D eigenvalue weighted by Gasteiger charge is 2.26. The number of rotatable bonds is 3. The van der Waals surface area contributed by atoms with Crippen molar-refractivity contribution in [2.24, 2.45) is 0 Å². The Bertz CT molecular complexity index is 1240. The normalized spacial score (nSPS) is 13.2. The van der Waals surface area contributed by atoms with E-state index in [-0.39, 0.29) is 0 Å². The SMILES string of the molecule is C=O.N#Cc1c(-c2ccc3ccc(-c4ccccc4)nc3c2)nn(C2CCC2)c1N. The maximum absolute atomic E-state index is 9.65. The smallest absolute Gasteiger partial charge is 0.140 e. The van der Waals surface area contributed by atoms with Crippen LogP contribution in [-0.2, 0) is 4.79 Å². The lowest BCUT2D eigenvalue weighted by Crippen LogP contribution is -2.19. The minimum Gasteiger partial charge on any atom is -0.383 e. The lowest BCUT2D eigenvalue weighted by Gasteiger charge is -2.26. The van der Waals surface area contributed by atoms with E-state index in [1.165, 1.54) is 6.42 Å². The van der Waals surface area contributed by atoms with Gasteiger partial charge in [-0.15, -0.1) is 0 Å². The summed E-state index contributed by atoms with van der Waals surface area (Å²) in [4.78, 5) is 12.8. The van der Waals surface area contributed by atoms with Crippen LogP contribution in [0.4, 0.5) is 5.82 Å². The molecule has 0 atom stereocenters. The summed E-state index contributed by atoms with van der Waals surface area (Å²) < 4.78 is 1.83. The molecule has 148 valence electrons. The van der Waals surface area contributed by atoms with Crippen molar-refractivity contribution in [3.05, 3.63) is 66.2 Å². The number of nitrogens with two attached hydrogens (primary N) is 1. The highest BCUT2D eigenvalue weighted by molar-refractivity contribution is 5.87. The fourth-order valence-electron chi connectivity index (χ4n) is 3.70. The number of nitrogen functional groups attached to an aromatic ring is 1. The van der Waals surface area contributed by atoms with Gasteiger partial charge in [-0.25, -0.2) is 9.67 Å². The van der Waals surface area contributed by atoms with E-state index in [4.69, 9.17) is 20.6 Å². The summed E-state index contributed by atoms with van der Waals surface area (Å²) >= 11 is 0. The molecule has 1 aliphatic carbocycles. The summed E-state index contributed by atoms with van der Waals surface area (Å²) in [6, 6.07) is 22.8. The molecule has 30 heavy (non-hydrogen) atoms. The van der Waals surface area contributed by atoms with Crippen LogP contribution in [-0.4, -0.2) is 21.6 Å². The Morgan fingerprint density at radius 2 is 1.77 bits per heavy atom. The molecule has 6 heteroatoms. The van der Waals surface area contributed by atoms with E-state index in [2.05, 4.69) is 12.1 Å². The Kier molecular flexibility index (Phi) is 5.27. The molecule has 0 saturated heterocycles. The van der Waals surface area contributed by atoms with E-state index in [1.54, 1.807) is 0 Å². The number of anilines is 1. The number of fused-ring (bicyclic) bond motifs is 1. The van der Waals surface area contributed by atoms with Crippen LogP contribution in [0.5, 0.6) is 0 Å². The van der Waals surface area contributed by atoms with Crippen molar-refractivity contribution < 1.29 is 4.79 Å². The van der Waals surface area contributed by atoms with Crippen LogP contribution < -0.4 is 5.73 Å². The molecule has 0 unspecified atom stereocenters. The van der Waals surface area contributed by atoms with Gasteiger partial charge in [0.15, 0.2) is 0 Å². The predicted octanol–water partition coefficient (Wildman–Crippen LogP) is 4.76. The van der Waals surface area contributed by atoms with E-state index < -0.39 is 0 Å². The van der Waals surface area contributed by atoms with Crippen LogP contribution >= 0.6 is 0 Å². The topological polar surface area (TPSA) is 97.6 Å². The van der Waals surface area contributed by atoms with Crippen molar-refractivity contribution in [1.29, 1.82) is 5.26 Å². The molecule has 0 bridgehead atoms. The van der Waals surface area contributed by atoms with E-state index in [0.29, 0.717) is 23.1 Å². The molecule has 1 aliphatic rings. The monoisotopic (exact) mass is 395 g/mol. The van der Waals surface area contributed by atoms with Gasteiger partial charge in [-0.3, -0.25) is 0 Å². The van der Waals surface area contributed by atoms with Gasteiger partial charge in [-0.05, 0) is 31.4 Å². The van der Waals surface area contributed by atoms with Crippen LogP contribution in [0.15, 0.2) is 60.7 Å². The van der Waals surface area contributed by atoms with Gasteiger partial charge in [-0.2, -0.15) is 10.4 Å². The van der Waals surface area contributed by atoms with Gasteiger partial charge in [-0.1, -0.05) is 48.5 Å². The molecule has 6 nitrogen and oxygen atoms in total. The third-order valence-electron chi connectivity index (χ3n) is 5.51. The molecule has 2 N–H and O–H groups in total. The largest absolute Gasteiger partial charge is 0.383 e. The van der Waals surface area contributed by atoms with Gasteiger partial charge in [0.05, 0.1) is 17.3 Å². The Hall–Kier alpha value is -3.98. The zero-order chi connectivity index (χ0) is 21.1. The second-order valence-electron chi connectivity index (χ2n) is 7.22. The van der Waals surface area contributed by atoms with Crippen molar-refractivity contribution in [2.75, 3.05) is 5.73 Å². The molecule has 5 rings (SSSR count). The average Bonchev–Trinajstić information content (AvgIpc) is 3.09. The van der Waals surface area contributed by atoms with Crippen LogP contribution in [0, 0.1) is 11.3 Å². The quantitative estimate of drug-likeness (QED) is 0.539. The Balaban J connectivity index is 0.00000106. The number of benzene rings is 2. The first kappa shape index (κ1) is 19.3. The molecule has 0 amide bonds. The predicted molar refractivity (Wildman–Crippen MR) is 118 cm³/mol. The van der Waals surface area contributed by atoms with E-state index in [0.717, 1.165) is 40.6 Å². The lowest BCUT2D eigenvalue weighted by atomic mass is 9.93. The number of nitrogens with zero attached hydrogens (tertiary/aromatic N) is 4. The molecular weight excluding hydrogens is 374 g/mol. The molecule has 0 radical (unpaired) electrons. The average molecular weight is 395 g/mol.